The van der Waals surface area contributed by atoms with Crippen molar-refractivity contribution < 1.29 is 0 Å². The molecule has 1 rings (SSSR count). The van der Waals surface area contributed by atoms with Gasteiger partial charge in [-0.1, -0.05) is 13.8 Å². The summed E-state index contributed by atoms with van der Waals surface area (Å²) in [5, 5.41) is 0. The highest BCUT2D eigenvalue weighted by atomic mass is 14.8. The average molecular weight is 152 g/mol. The minimum absolute atomic E-state index is 0.609. The lowest BCUT2D eigenvalue weighted by Crippen LogP contribution is -1.98. The smallest absolute Gasteiger partial charge is 0.0332 e. The fraction of sp³-hybridized carbons (Fsp3) is 0.556. The van der Waals surface area contributed by atoms with E-state index in [2.05, 4.69) is 31.0 Å². The average Bonchev–Trinajstić information content (AvgIpc) is 2.34. The largest absolute Gasteiger partial charge is 0.361 e. The first-order chi connectivity index (χ1) is 5.22. The van der Waals surface area contributed by atoms with Crippen molar-refractivity contribution in [3.63, 3.8) is 0 Å². The highest BCUT2D eigenvalue weighted by molar-refractivity contribution is 5.13. The minimum Gasteiger partial charge on any atom is -0.361 e. The second kappa shape index (κ2) is 3.58. The first-order valence-electron chi connectivity index (χ1n) is 4.09. The molecule has 0 amide bonds. The maximum absolute atomic E-state index is 5.46. The molecule has 0 unspecified atom stereocenters. The molecule has 0 aliphatic heterocycles. The summed E-state index contributed by atoms with van der Waals surface area (Å²) in [5.74, 6) is 0.708. The molecule has 11 heavy (non-hydrogen) atoms. The molecule has 0 aromatic carbocycles. The molecule has 0 atom stereocenters. The second-order valence-electron chi connectivity index (χ2n) is 3.31. The number of rotatable bonds is 3. The molecule has 0 radical (unpaired) electrons. The van der Waals surface area contributed by atoms with E-state index in [-0.39, 0.29) is 0 Å². The van der Waals surface area contributed by atoms with Gasteiger partial charge in [-0.3, -0.25) is 0 Å². The van der Waals surface area contributed by atoms with Crippen LogP contribution in [0.25, 0.3) is 0 Å². The minimum atomic E-state index is 0.609. The summed E-state index contributed by atoms with van der Waals surface area (Å²) in [4.78, 5) is 3.27. The molecule has 1 aromatic rings. The van der Waals surface area contributed by atoms with Crippen molar-refractivity contribution in [2.24, 2.45) is 11.7 Å². The van der Waals surface area contributed by atoms with Crippen LogP contribution in [0.3, 0.4) is 0 Å². The summed E-state index contributed by atoms with van der Waals surface area (Å²) in [6.45, 7) is 5.03. The van der Waals surface area contributed by atoms with Crippen LogP contribution in [-0.4, -0.2) is 4.98 Å². The monoisotopic (exact) mass is 152 g/mol. The maximum Gasteiger partial charge on any atom is 0.0332 e. The molecule has 0 saturated carbocycles. The van der Waals surface area contributed by atoms with Gasteiger partial charge in [-0.15, -0.1) is 0 Å². The van der Waals surface area contributed by atoms with Crippen molar-refractivity contribution in [2.75, 3.05) is 0 Å². The van der Waals surface area contributed by atoms with E-state index < -0.39 is 0 Å². The summed E-state index contributed by atoms with van der Waals surface area (Å²) in [7, 11) is 0. The lowest BCUT2D eigenvalue weighted by molar-refractivity contribution is 0.636. The summed E-state index contributed by atoms with van der Waals surface area (Å²) in [6, 6.07) is 4.17. The molecule has 0 aliphatic carbocycles. The van der Waals surface area contributed by atoms with Gasteiger partial charge in [0, 0.05) is 17.9 Å². The van der Waals surface area contributed by atoms with Gasteiger partial charge in [0.15, 0.2) is 0 Å². The van der Waals surface area contributed by atoms with Gasteiger partial charge < -0.3 is 10.7 Å². The Morgan fingerprint density at radius 3 is 2.45 bits per heavy atom. The maximum atomic E-state index is 5.46. The van der Waals surface area contributed by atoms with E-state index >= 15 is 0 Å². The van der Waals surface area contributed by atoms with Gasteiger partial charge >= 0.3 is 0 Å². The Labute approximate surface area is 67.8 Å². The fourth-order valence-corrected chi connectivity index (χ4v) is 1.17. The van der Waals surface area contributed by atoms with Gasteiger partial charge in [-0.2, -0.15) is 0 Å². The van der Waals surface area contributed by atoms with Crippen molar-refractivity contribution in [1.82, 2.24) is 4.98 Å². The third-order valence-corrected chi connectivity index (χ3v) is 1.65. The molecule has 0 aliphatic rings. The van der Waals surface area contributed by atoms with Crippen LogP contribution in [0.4, 0.5) is 0 Å². The fourth-order valence-electron chi connectivity index (χ4n) is 1.17. The molecular weight excluding hydrogens is 136 g/mol. The summed E-state index contributed by atoms with van der Waals surface area (Å²) >= 11 is 0. The standard InChI is InChI=1S/C9H16N2/c1-7(2)5-8-3-4-9(6-10)11-8/h3-4,7,11H,5-6,10H2,1-2H3. The van der Waals surface area contributed by atoms with Crippen LogP contribution in [-0.2, 0) is 13.0 Å². The molecule has 0 spiro atoms. The number of hydrogen-bond donors (Lipinski definition) is 2. The number of aromatic amines is 1. The van der Waals surface area contributed by atoms with E-state index in [9.17, 15) is 0 Å². The highest BCUT2D eigenvalue weighted by Gasteiger charge is 1.99. The van der Waals surface area contributed by atoms with Crippen molar-refractivity contribution in [2.45, 2.75) is 26.8 Å². The zero-order valence-electron chi connectivity index (χ0n) is 7.22. The molecular formula is C9H16N2. The summed E-state index contributed by atoms with van der Waals surface area (Å²) in [6.07, 6.45) is 1.11. The lowest BCUT2D eigenvalue weighted by atomic mass is 10.1. The zero-order valence-corrected chi connectivity index (χ0v) is 7.22. The van der Waals surface area contributed by atoms with Crippen LogP contribution >= 0.6 is 0 Å². The molecule has 1 heterocycles. The topological polar surface area (TPSA) is 41.8 Å². The van der Waals surface area contributed by atoms with Crippen LogP contribution in [0.5, 0.6) is 0 Å². The SMILES string of the molecule is CC(C)Cc1ccc(CN)[nH]1. The van der Waals surface area contributed by atoms with E-state index in [0.29, 0.717) is 12.5 Å². The molecule has 62 valence electrons. The normalized spacial score (nSPS) is 10.9. The van der Waals surface area contributed by atoms with Gasteiger partial charge in [0.1, 0.15) is 0 Å². The summed E-state index contributed by atoms with van der Waals surface area (Å²) in [5.41, 5.74) is 7.88. The second-order valence-corrected chi connectivity index (χ2v) is 3.31. The van der Waals surface area contributed by atoms with Gasteiger partial charge in [0.2, 0.25) is 0 Å². The van der Waals surface area contributed by atoms with Crippen molar-refractivity contribution in [3.05, 3.63) is 23.5 Å². The van der Waals surface area contributed by atoms with E-state index in [1.165, 1.54) is 5.69 Å². The molecule has 0 bridgehead atoms. The van der Waals surface area contributed by atoms with Gasteiger partial charge in [0.25, 0.3) is 0 Å². The van der Waals surface area contributed by atoms with Crippen LogP contribution in [0, 0.1) is 5.92 Å². The van der Waals surface area contributed by atoms with E-state index in [0.717, 1.165) is 12.1 Å². The Balaban J connectivity index is 2.58. The zero-order chi connectivity index (χ0) is 8.27. The first-order valence-corrected chi connectivity index (χ1v) is 4.09. The number of hydrogen-bond acceptors (Lipinski definition) is 1. The molecule has 1 aromatic heterocycles. The van der Waals surface area contributed by atoms with Crippen molar-refractivity contribution in [3.8, 4) is 0 Å². The van der Waals surface area contributed by atoms with Crippen LogP contribution < -0.4 is 5.73 Å². The van der Waals surface area contributed by atoms with Crippen LogP contribution in [0.2, 0.25) is 0 Å². The predicted molar refractivity (Wildman–Crippen MR) is 47.2 cm³/mol. The molecule has 0 fully saturated rings. The van der Waals surface area contributed by atoms with Gasteiger partial charge in [-0.25, -0.2) is 0 Å². The van der Waals surface area contributed by atoms with E-state index in [1.54, 1.807) is 0 Å². The quantitative estimate of drug-likeness (QED) is 0.679. The third-order valence-electron chi connectivity index (χ3n) is 1.65. The molecule has 3 N–H and O–H groups in total. The molecule has 2 nitrogen and oxygen atoms in total. The number of aromatic nitrogens is 1. The van der Waals surface area contributed by atoms with Gasteiger partial charge in [-0.05, 0) is 24.5 Å². The number of nitrogens with one attached hydrogen (secondary N) is 1. The Morgan fingerprint density at radius 2 is 2.00 bits per heavy atom. The number of nitrogens with two attached hydrogens (primary N) is 1. The number of H-pyrrole nitrogens is 1. The summed E-state index contributed by atoms with van der Waals surface area (Å²) < 4.78 is 0. The predicted octanol–water partition coefficient (Wildman–Crippen LogP) is 1.67. The Morgan fingerprint density at radius 1 is 1.36 bits per heavy atom. The van der Waals surface area contributed by atoms with Crippen molar-refractivity contribution in [1.29, 1.82) is 0 Å². The Kier molecular flexibility index (Phi) is 2.71. The molecule has 0 saturated heterocycles. The highest BCUT2D eigenvalue weighted by Crippen LogP contribution is 2.07. The Hall–Kier alpha value is -0.760. The van der Waals surface area contributed by atoms with Gasteiger partial charge in [0.05, 0.1) is 0 Å². The van der Waals surface area contributed by atoms with Crippen LogP contribution in [0.1, 0.15) is 25.2 Å². The van der Waals surface area contributed by atoms with Crippen LogP contribution in [0.15, 0.2) is 12.1 Å². The van der Waals surface area contributed by atoms with E-state index in [1.807, 2.05) is 0 Å². The Bertz CT molecular complexity index is 213. The molecule has 2 heteroatoms. The third kappa shape index (κ3) is 2.39. The lowest BCUT2D eigenvalue weighted by Gasteiger charge is -2.00. The van der Waals surface area contributed by atoms with Crippen molar-refractivity contribution >= 4 is 0 Å². The van der Waals surface area contributed by atoms with E-state index in [4.69, 9.17) is 5.73 Å². The first kappa shape index (κ1) is 8.34.